The molecule has 0 radical (unpaired) electrons. The third-order valence-electron chi connectivity index (χ3n) is 4.70. The number of ether oxygens (including phenoxy) is 1. The summed E-state index contributed by atoms with van der Waals surface area (Å²) in [4.78, 5) is 14.2. The Bertz CT molecular complexity index is 368. The number of methoxy groups -OCH3 is 1. The van der Waals surface area contributed by atoms with E-state index in [4.69, 9.17) is 4.74 Å². The standard InChI is InChI=1S/C14H23F3N2O2/c1-21-12(20)13(19-8-3-6-18-7-9-19)5-2-4-11(10-13)14(15,16)17/h11,18H,2-10H2,1H3. The third kappa shape index (κ3) is 3.51. The summed E-state index contributed by atoms with van der Waals surface area (Å²) < 4.78 is 44.2. The van der Waals surface area contributed by atoms with Crippen molar-refractivity contribution in [3.63, 3.8) is 0 Å². The molecule has 4 nitrogen and oxygen atoms in total. The zero-order chi connectivity index (χ0) is 15.5. The highest BCUT2D eigenvalue weighted by atomic mass is 19.4. The Labute approximate surface area is 123 Å². The minimum absolute atomic E-state index is 0.105. The van der Waals surface area contributed by atoms with Gasteiger partial charge < -0.3 is 10.1 Å². The van der Waals surface area contributed by atoms with Crippen LogP contribution in [0.3, 0.4) is 0 Å². The first kappa shape index (κ1) is 16.5. The summed E-state index contributed by atoms with van der Waals surface area (Å²) in [6.45, 7) is 2.73. The predicted molar refractivity (Wildman–Crippen MR) is 71.8 cm³/mol. The van der Waals surface area contributed by atoms with Crippen LogP contribution in [0.15, 0.2) is 0 Å². The molecule has 2 rings (SSSR count). The molecular formula is C14H23F3N2O2. The normalized spacial score (nSPS) is 32.5. The van der Waals surface area contributed by atoms with Gasteiger partial charge in [0.05, 0.1) is 13.0 Å². The molecule has 0 aromatic heterocycles. The van der Waals surface area contributed by atoms with Crippen molar-refractivity contribution >= 4 is 5.97 Å². The van der Waals surface area contributed by atoms with Gasteiger partial charge in [0.2, 0.25) is 0 Å². The van der Waals surface area contributed by atoms with Gasteiger partial charge in [0.1, 0.15) is 5.54 Å². The number of halogens is 3. The van der Waals surface area contributed by atoms with Gasteiger partial charge in [-0.15, -0.1) is 0 Å². The van der Waals surface area contributed by atoms with Crippen LogP contribution in [-0.4, -0.2) is 55.9 Å². The van der Waals surface area contributed by atoms with Gasteiger partial charge in [-0.25, -0.2) is 0 Å². The van der Waals surface area contributed by atoms with E-state index in [0.717, 1.165) is 13.0 Å². The van der Waals surface area contributed by atoms with Crippen molar-refractivity contribution in [2.45, 2.75) is 43.8 Å². The van der Waals surface area contributed by atoms with Crippen LogP contribution in [0.2, 0.25) is 0 Å². The van der Waals surface area contributed by atoms with Crippen LogP contribution in [0.1, 0.15) is 32.1 Å². The fourth-order valence-corrected chi connectivity index (χ4v) is 3.60. The molecule has 0 bridgehead atoms. The second kappa shape index (κ2) is 6.52. The van der Waals surface area contributed by atoms with E-state index < -0.39 is 23.6 Å². The third-order valence-corrected chi connectivity index (χ3v) is 4.70. The number of nitrogens with one attached hydrogen (secondary N) is 1. The summed E-state index contributed by atoms with van der Waals surface area (Å²) in [6, 6.07) is 0. The van der Waals surface area contributed by atoms with E-state index in [2.05, 4.69) is 5.32 Å². The first-order chi connectivity index (χ1) is 9.90. The van der Waals surface area contributed by atoms with E-state index in [0.29, 0.717) is 32.5 Å². The molecule has 2 atom stereocenters. The predicted octanol–water partition coefficient (Wildman–Crippen LogP) is 1.95. The van der Waals surface area contributed by atoms with Crippen LogP contribution >= 0.6 is 0 Å². The zero-order valence-electron chi connectivity index (χ0n) is 12.3. The number of carbonyl (C=O) groups is 1. The monoisotopic (exact) mass is 308 g/mol. The van der Waals surface area contributed by atoms with E-state index in [9.17, 15) is 18.0 Å². The van der Waals surface area contributed by atoms with E-state index in [1.165, 1.54) is 7.11 Å². The van der Waals surface area contributed by atoms with Gasteiger partial charge in [-0.3, -0.25) is 9.69 Å². The van der Waals surface area contributed by atoms with E-state index >= 15 is 0 Å². The van der Waals surface area contributed by atoms with Gasteiger partial charge in [0, 0.05) is 19.6 Å². The number of hydrogen-bond acceptors (Lipinski definition) is 4. The highest BCUT2D eigenvalue weighted by Crippen LogP contribution is 2.44. The lowest BCUT2D eigenvalue weighted by molar-refractivity contribution is -0.199. The Morgan fingerprint density at radius 3 is 2.71 bits per heavy atom. The lowest BCUT2D eigenvalue weighted by Gasteiger charge is -2.46. The molecule has 2 fully saturated rings. The number of carbonyl (C=O) groups excluding carboxylic acids is 1. The fourth-order valence-electron chi connectivity index (χ4n) is 3.60. The molecule has 2 unspecified atom stereocenters. The van der Waals surface area contributed by atoms with Crippen LogP contribution in [0.5, 0.6) is 0 Å². The summed E-state index contributed by atoms with van der Waals surface area (Å²) in [7, 11) is 1.26. The quantitative estimate of drug-likeness (QED) is 0.792. The molecule has 1 aliphatic carbocycles. The van der Waals surface area contributed by atoms with Gasteiger partial charge in [0.15, 0.2) is 0 Å². The first-order valence-electron chi connectivity index (χ1n) is 7.51. The molecule has 1 heterocycles. The summed E-state index contributed by atoms with van der Waals surface area (Å²) in [6.07, 6.45) is -2.63. The maximum Gasteiger partial charge on any atom is 0.391 e. The van der Waals surface area contributed by atoms with Crippen molar-refractivity contribution in [1.29, 1.82) is 0 Å². The van der Waals surface area contributed by atoms with Gasteiger partial charge in [-0.05, 0) is 32.2 Å². The maximum absolute atomic E-state index is 13.1. The number of alkyl halides is 3. The lowest BCUT2D eigenvalue weighted by atomic mass is 9.74. The highest BCUT2D eigenvalue weighted by Gasteiger charge is 2.54. The Morgan fingerprint density at radius 2 is 2.05 bits per heavy atom. The van der Waals surface area contributed by atoms with Crippen LogP contribution < -0.4 is 5.32 Å². The van der Waals surface area contributed by atoms with Crippen LogP contribution in [0.4, 0.5) is 13.2 Å². The van der Waals surface area contributed by atoms with Gasteiger partial charge in [-0.2, -0.15) is 13.2 Å². The number of esters is 1. The van der Waals surface area contributed by atoms with Crippen molar-refractivity contribution in [2.75, 3.05) is 33.3 Å². The van der Waals surface area contributed by atoms with Gasteiger partial charge >= 0.3 is 12.1 Å². The van der Waals surface area contributed by atoms with Gasteiger partial charge in [0.25, 0.3) is 0 Å². The summed E-state index contributed by atoms with van der Waals surface area (Å²) in [5, 5.41) is 3.22. The molecule has 7 heteroatoms. The number of rotatable bonds is 2. The van der Waals surface area contributed by atoms with Crippen molar-refractivity contribution in [2.24, 2.45) is 5.92 Å². The van der Waals surface area contributed by atoms with Crippen molar-refractivity contribution in [3.8, 4) is 0 Å². The smallest absolute Gasteiger partial charge is 0.391 e. The molecule has 0 spiro atoms. The maximum atomic E-state index is 13.1. The van der Waals surface area contributed by atoms with Gasteiger partial charge in [-0.1, -0.05) is 6.42 Å². The lowest BCUT2D eigenvalue weighted by Crippen LogP contribution is -2.59. The number of hydrogen-bond donors (Lipinski definition) is 1. The average Bonchev–Trinajstić information content (AvgIpc) is 2.75. The molecule has 2 aliphatic rings. The second-order valence-corrected chi connectivity index (χ2v) is 5.95. The Hall–Kier alpha value is -0.820. The molecule has 0 amide bonds. The highest BCUT2D eigenvalue weighted by molar-refractivity contribution is 5.81. The Morgan fingerprint density at radius 1 is 1.29 bits per heavy atom. The van der Waals surface area contributed by atoms with Crippen LogP contribution in [0, 0.1) is 5.92 Å². The first-order valence-corrected chi connectivity index (χ1v) is 7.51. The molecule has 1 N–H and O–H groups in total. The van der Waals surface area contributed by atoms with E-state index in [1.807, 2.05) is 4.90 Å². The largest absolute Gasteiger partial charge is 0.468 e. The van der Waals surface area contributed by atoms with E-state index in [-0.39, 0.29) is 12.8 Å². The minimum atomic E-state index is -4.25. The van der Waals surface area contributed by atoms with Crippen molar-refractivity contribution < 1.29 is 22.7 Å². The molecule has 1 saturated carbocycles. The molecule has 21 heavy (non-hydrogen) atoms. The zero-order valence-corrected chi connectivity index (χ0v) is 12.3. The topological polar surface area (TPSA) is 41.6 Å². The molecular weight excluding hydrogens is 285 g/mol. The van der Waals surface area contributed by atoms with Crippen LogP contribution in [-0.2, 0) is 9.53 Å². The van der Waals surface area contributed by atoms with E-state index in [1.54, 1.807) is 0 Å². The molecule has 1 saturated heterocycles. The summed E-state index contributed by atoms with van der Waals surface area (Å²) >= 11 is 0. The number of nitrogens with zero attached hydrogens (tertiary/aromatic N) is 1. The molecule has 0 aromatic carbocycles. The fraction of sp³-hybridized carbons (Fsp3) is 0.929. The summed E-state index contributed by atoms with van der Waals surface area (Å²) in [5.74, 6) is -1.93. The second-order valence-electron chi connectivity index (χ2n) is 5.95. The van der Waals surface area contributed by atoms with Crippen molar-refractivity contribution in [1.82, 2.24) is 10.2 Å². The summed E-state index contributed by atoms with van der Waals surface area (Å²) in [5.41, 5.74) is -1.11. The molecule has 1 aliphatic heterocycles. The average molecular weight is 308 g/mol. The Balaban J connectivity index is 2.25. The van der Waals surface area contributed by atoms with Crippen LogP contribution in [0.25, 0.3) is 0 Å². The molecule has 122 valence electrons. The van der Waals surface area contributed by atoms with Crippen molar-refractivity contribution in [3.05, 3.63) is 0 Å². The Kier molecular flexibility index (Phi) is 5.14. The molecule has 0 aromatic rings. The minimum Gasteiger partial charge on any atom is -0.468 e. The SMILES string of the molecule is COC(=O)C1(N2CCCNCC2)CCCC(C(F)(F)F)C1.